The highest BCUT2D eigenvalue weighted by atomic mass is 16.4. The van der Waals surface area contributed by atoms with Crippen LogP contribution in [0.1, 0.15) is 12.8 Å². The van der Waals surface area contributed by atoms with Gasteiger partial charge in [0, 0.05) is 12.0 Å². The molecule has 0 spiro atoms. The third-order valence-electron chi connectivity index (χ3n) is 0.866. The minimum absolute atomic E-state index is 0.0853. The molecule has 1 N–H and O–H groups in total. The molecule has 0 aromatic carbocycles. The fraction of sp³-hybridized carbons (Fsp3) is 0.333. The highest BCUT2D eigenvalue weighted by molar-refractivity contribution is 5.86. The molecule has 3 nitrogen and oxygen atoms in total. The molecule has 0 radical (unpaired) electrons. The Hall–Kier alpha value is -1.12. The van der Waals surface area contributed by atoms with Crippen LogP contribution in [-0.2, 0) is 9.59 Å². The highest BCUT2D eigenvalue weighted by Gasteiger charge is 2.00. The van der Waals surface area contributed by atoms with Crippen molar-refractivity contribution in [1.29, 1.82) is 0 Å². The number of carbonyl (C=O) groups excluding carboxylic acids is 1. The average molecular weight is 128 g/mol. The fourth-order valence-electron chi connectivity index (χ4n) is 0.340. The van der Waals surface area contributed by atoms with Crippen LogP contribution in [0.2, 0.25) is 0 Å². The topological polar surface area (TPSA) is 54.4 Å². The summed E-state index contributed by atoms with van der Waals surface area (Å²) < 4.78 is 0. The van der Waals surface area contributed by atoms with Gasteiger partial charge in [-0.2, -0.15) is 0 Å². The molecule has 0 rings (SSSR count). The summed E-state index contributed by atoms with van der Waals surface area (Å²) in [5, 5.41) is 8.19. The number of aliphatic carboxylic acids is 1. The lowest BCUT2D eigenvalue weighted by atomic mass is 10.2. The summed E-state index contributed by atoms with van der Waals surface area (Å²) in [4.78, 5) is 19.7. The molecule has 0 aliphatic carbocycles. The zero-order chi connectivity index (χ0) is 7.28. The van der Waals surface area contributed by atoms with Crippen LogP contribution in [0.15, 0.2) is 12.2 Å². The van der Waals surface area contributed by atoms with Crippen LogP contribution in [0.4, 0.5) is 0 Å². The number of hydrogen-bond donors (Lipinski definition) is 1. The smallest absolute Gasteiger partial charge is 0.330 e. The second-order valence-corrected chi connectivity index (χ2v) is 1.61. The van der Waals surface area contributed by atoms with Crippen molar-refractivity contribution in [3.63, 3.8) is 0 Å². The summed E-state index contributed by atoms with van der Waals surface area (Å²) in [6.07, 6.45) is 1.16. The van der Waals surface area contributed by atoms with E-state index < -0.39 is 5.97 Å². The van der Waals surface area contributed by atoms with Crippen molar-refractivity contribution in [3.8, 4) is 0 Å². The van der Waals surface area contributed by atoms with Gasteiger partial charge < -0.3 is 9.90 Å². The van der Waals surface area contributed by atoms with Crippen LogP contribution in [-0.4, -0.2) is 17.4 Å². The van der Waals surface area contributed by atoms with Gasteiger partial charge in [-0.1, -0.05) is 6.58 Å². The largest absolute Gasteiger partial charge is 0.478 e. The van der Waals surface area contributed by atoms with E-state index in [2.05, 4.69) is 6.58 Å². The first-order valence-electron chi connectivity index (χ1n) is 2.53. The Balaban J connectivity index is 3.51. The third-order valence-corrected chi connectivity index (χ3v) is 0.866. The molecule has 0 aromatic heterocycles. The zero-order valence-electron chi connectivity index (χ0n) is 4.96. The average Bonchev–Trinajstić information content (AvgIpc) is 1.82. The zero-order valence-corrected chi connectivity index (χ0v) is 4.96. The molecule has 0 fully saturated rings. The SMILES string of the molecule is C=C(CCC=O)C(=O)O. The maximum Gasteiger partial charge on any atom is 0.330 e. The van der Waals surface area contributed by atoms with Gasteiger partial charge in [0.1, 0.15) is 6.29 Å². The Labute approximate surface area is 53.0 Å². The molecule has 0 aromatic rings. The summed E-state index contributed by atoms with van der Waals surface area (Å²) in [7, 11) is 0. The van der Waals surface area contributed by atoms with Crippen LogP contribution in [0.5, 0.6) is 0 Å². The Morgan fingerprint density at radius 3 is 2.56 bits per heavy atom. The van der Waals surface area contributed by atoms with E-state index in [1.165, 1.54) is 0 Å². The van der Waals surface area contributed by atoms with Gasteiger partial charge in [0.2, 0.25) is 0 Å². The lowest BCUT2D eigenvalue weighted by Crippen LogP contribution is -1.98. The minimum atomic E-state index is -1.03. The van der Waals surface area contributed by atoms with E-state index in [-0.39, 0.29) is 18.4 Å². The molecule has 0 saturated heterocycles. The number of carbonyl (C=O) groups is 2. The Morgan fingerprint density at radius 1 is 1.67 bits per heavy atom. The number of rotatable bonds is 4. The number of carboxylic acid groups (broad SMARTS) is 1. The van der Waals surface area contributed by atoms with E-state index in [1.54, 1.807) is 0 Å². The van der Waals surface area contributed by atoms with Gasteiger partial charge in [-0.25, -0.2) is 4.79 Å². The molecule has 3 heteroatoms. The van der Waals surface area contributed by atoms with Crippen LogP contribution >= 0.6 is 0 Å². The normalized spacial score (nSPS) is 8.44. The van der Waals surface area contributed by atoms with E-state index in [0.29, 0.717) is 6.29 Å². The van der Waals surface area contributed by atoms with Crippen molar-refractivity contribution in [2.75, 3.05) is 0 Å². The molecule has 0 aliphatic heterocycles. The maximum absolute atomic E-state index is 9.99. The predicted octanol–water partition coefficient (Wildman–Crippen LogP) is 0.606. The van der Waals surface area contributed by atoms with Crippen LogP contribution in [0.25, 0.3) is 0 Å². The molecule has 0 bridgehead atoms. The standard InChI is InChI=1S/C6H8O3/c1-5(6(8)9)3-2-4-7/h4H,1-3H2,(H,8,9). The number of carboxylic acids is 1. The molecule has 0 atom stereocenters. The van der Waals surface area contributed by atoms with Gasteiger partial charge >= 0.3 is 5.97 Å². The Morgan fingerprint density at radius 2 is 2.22 bits per heavy atom. The van der Waals surface area contributed by atoms with Crippen LogP contribution in [0, 0.1) is 0 Å². The van der Waals surface area contributed by atoms with Crippen LogP contribution < -0.4 is 0 Å². The molecule has 50 valence electrons. The first kappa shape index (κ1) is 7.88. The first-order chi connectivity index (χ1) is 4.18. The van der Waals surface area contributed by atoms with Gasteiger partial charge in [-0.15, -0.1) is 0 Å². The van der Waals surface area contributed by atoms with Crippen molar-refractivity contribution < 1.29 is 14.7 Å². The van der Waals surface area contributed by atoms with E-state index in [9.17, 15) is 9.59 Å². The molecule has 9 heavy (non-hydrogen) atoms. The van der Waals surface area contributed by atoms with E-state index in [1.807, 2.05) is 0 Å². The van der Waals surface area contributed by atoms with E-state index in [4.69, 9.17) is 5.11 Å². The van der Waals surface area contributed by atoms with Crippen molar-refractivity contribution in [3.05, 3.63) is 12.2 Å². The molecule has 0 heterocycles. The van der Waals surface area contributed by atoms with Crippen molar-refractivity contribution in [1.82, 2.24) is 0 Å². The Bertz CT molecular complexity index is 137. The lowest BCUT2D eigenvalue weighted by molar-refractivity contribution is -0.132. The quantitative estimate of drug-likeness (QED) is 0.445. The summed E-state index contributed by atoms with van der Waals surface area (Å²) in [5.41, 5.74) is 0.0853. The summed E-state index contributed by atoms with van der Waals surface area (Å²) in [5.74, 6) is -1.03. The summed E-state index contributed by atoms with van der Waals surface area (Å²) in [6, 6.07) is 0. The lowest BCUT2D eigenvalue weighted by Gasteiger charge is -1.91. The maximum atomic E-state index is 9.99. The van der Waals surface area contributed by atoms with Crippen molar-refractivity contribution in [2.45, 2.75) is 12.8 Å². The predicted molar refractivity (Wildman–Crippen MR) is 32.1 cm³/mol. The summed E-state index contributed by atoms with van der Waals surface area (Å²) >= 11 is 0. The molecular weight excluding hydrogens is 120 g/mol. The highest BCUT2D eigenvalue weighted by Crippen LogP contribution is 1.98. The summed E-state index contributed by atoms with van der Waals surface area (Å²) in [6.45, 7) is 3.23. The van der Waals surface area contributed by atoms with Crippen molar-refractivity contribution in [2.24, 2.45) is 0 Å². The van der Waals surface area contributed by atoms with Gasteiger partial charge in [0.05, 0.1) is 0 Å². The first-order valence-corrected chi connectivity index (χ1v) is 2.53. The minimum Gasteiger partial charge on any atom is -0.478 e. The number of hydrogen-bond acceptors (Lipinski definition) is 2. The van der Waals surface area contributed by atoms with Gasteiger partial charge in [0.25, 0.3) is 0 Å². The fourth-order valence-corrected chi connectivity index (χ4v) is 0.340. The van der Waals surface area contributed by atoms with E-state index in [0.717, 1.165) is 0 Å². The van der Waals surface area contributed by atoms with Crippen molar-refractivity contribution >= 4 is 12.3 Å². The van der Waals surface area contributed by atoms with Gasteiger partial charge in [-0.05, 0) is 6.42 Å². The molecule has 0 amide bonds. The second kappa shape index (κ2) is 3.83. The van der Waals surface area contributed by atoms with Gasteiger partial charge in [0.15, 0.2) is 0 Å². The number of aldehydes is 1. The molecular formula is C6H8O3. The van der Waals surface area contributed by atoms with E-state index >= 15 is 0 Å². The monoisotopic (exact) mass is 128 g/mol. The molecule has 0 unspecified atom stereocenters. The van der Waals surface area contributed by atoms with Crippen LogP contribution in [0.3, 0.4) is 0 Å². The molecule has 0 aliphatic rings. The third kappa shape index (κ3) is 3.46. The molecule has 0 saturated carbocycles. The second-order valence-electron chi connectivity index (χ2n) is 1.61. The Kier molecular flexibility index (Phi) is 3.35. The van der Waals surface area contributed by atoms with Gasteiger partial charge in [-0.3, -0.25) is 0 Å².